The lowest BCUT2D eigenvalue weighted by Gasteiger charge is -2.59. The van der Waals surface area contributed by atoms with Crippen molar-refractivity contribution in [2.75, 3.05) is 6.61 Å². The van der Waals surface area contributed by atoms with Crippen LogP contribution in [0.15, 0.2) is 0 Å². The molecule has 1 aliphatic carbocycles. The van der Waals surface area contributed by atoms with Gasteiger partial charge in [-0.3, -0.25) is 4.90 Å². The standard InChI is InChI=1S/C24H47NO/c1-7-10-11-12-13-14-20-15-16-21-19(4)18-24(5,6)25(22(21)17-20)23(8-2)26-9-3/h19-23H,7-18H2,1-6H3. The van der Waals surface area contributed by atoms with Crippen molar-refractivity contribution in [2.24, 2.45) is 17.8 Å². The molecule has 0 aromatic rings. The normalized spacial score (nSPS) is 33.0. The predicted molar refractivity (Wildman–Crippen MR) is 113 cm³/mol. The van der Waals surface area contributed by atoms with Crippen LogP contribution in [0.1, 0.15) is 112 Å². The summed E-state index contributed by atoms with van der Waals surface area (Å²) >= 11 is 0. The maximum Gasteiger partial charge on any atom is 0.111 e. The predicted octanol–water partition coefficient (Wildman–Crippen LogP) is 7.02. The number of nitrogens with zero attached hydrogens (tertiary/aromatic N) is 1. The molecule has 154 valence electrons. The molecule has 2 aliphatic rings. The number of unbranched alkanes of at least 4 members (excludes halogenated alkanes) is 4. The third-order valence-electron chi connectivity index (χ3n) is 7.32. The number of likely N-dealkylation sites (tertiary alicyclic amines) is 1. The van der Waals surface area contributed by atoms with Gasteiger partial charge in [-0.05, 0) is 64.2 Å². The Kier molecular flexibility index (Phi) is 8.94. The first kappa shape index (κ1) is 22.2. The zero-order chi connectivity index (χ0) is 19.2. The molecular weight excluding hydrogens is 318 g/mol. The second kappa shape index (κ2) is 10.5. The van der Waals surface area contributed by atoms with Crippen LogP contribution in [0.5, 0.6) is 0 Å². The minimum absolute atomic E-state index is 0.263. The van der Waals surface area contributed by atoms with Gasteiger partial charge < -0.3 is 4.74 Å². The van der Waals surface area contributed by atoms with E-state index in [2.05, 4.69) is 46.4 Å². The van der Waals surface area contributed by atoms with E-state index in [4.69, 9.17) is 4.74 Å². The minimum Gasteiger partial charge on any atom is -0.363 e. The second-order valence-electron chi connectivity index (χ2n) is 9.83. The quantitative estimate of drug-likeness (QED) is 0.385. The number of fused-ring (bicyclic) bond motifs is 1. The summed E-state index contributed by atoms with van der Waals surface area (Å²) in [6, 6.07) is 0.736. The Bertz CT molecular complexity index is 394. The van der Waals surface area contributed by atoms with Crippen LogP contribution in [0.4, 0.5) is 0 Å². The Balaban J connectivity index is 2.04. The van der Waals surface area contributed by atoms with Gasteiger partial charge in [0.05, 0.1) is 0 Å². The molecule has 26 heavy (non-hydrogen) atoms. The lowest BCUT2D eigenvalue weighted by molar-refractivity contribution is -0.174. The Morgan fingerprint density at radius 2 is 1.77 bits per heavy atom. The topological polar surface area (TPSA) is 12.5 Å². The van der Waals surface area contributed by atoms with E-state index in [0.717, 1.165) is 36.8 Å². The SMILES string of the molecule is CCCCCCCC1CCC2C(C)CC(C)(C)N(C(CC)OCC)C2C1. The highest BCUT2D eigenvalue weighted by Crippen LogP contribution is 2.48. The Labute approximate surface area is 164 Å². The number of piperidine rings is 1. The van der Waals surface area contributed by atoms with E-state index in [1.807, 2.05) is 0 Å². The summed E-state index contributed by atoms with van der Waals surface area (Å²) in [5, 5.41) is 0. The van der Waals surface area contributed by atoms with Gasteiger partial charge >= 0.3 is 0 Å². The second-order valence-corrected chi connectivity index (χ2v) is 9.83. The number of ether oxygens (including phenoxy) is 1. The molecule has 1 saturated heterocycles. The summed E-state index contributed by atoms with van der Waals surface area (Å²) in [7, 11) is 0. The molecule has 2 fully saturated rings. The van der Waals surface area contributed by atoms with Crippen LogP contribution in [0.2, 0.25) is 0 Å². The van der Waals surface area contributed by atoms with Gasteiger partial charge in [0.25, 0.3) is 0 Å². The Morgan fingerprint density at radius 3 is 2.42 bits per heavy atom. The zero-order valence-electron chi connectivity index (χ0n) is 18.7. The summed E-state index contributed by atoms with van der Waals surface area (Å²) in [4.78, 5) is 2.82. The highest BCUT2D eigenvalue weighted by atomic mass is 16.5. The average Bonchev–Trinajstić information content (AvgIpc) is 2.59. The third kappa shape index (κ3) is 5.47. The highest BCUT2D eigenvalue weighted by molar-refractivity contribution is 5.01. The molecule has 0 N–H and O–H groups in total. The van der Waals surface area contributed by atoms with E-state index >= 15 is 0 Å². The van der Waals surface area contributed by atoms with E-state index in [0.29, 0.717) is 6.23 Å². The van der Waals surface area contributed by atoms with E-state index in [-0.39, 0.29) is 5.54 Å². The molecule has 1 aliphatic heterocycles. The first-order valence-electron chi connectivity index (χ1n) is 11.8. The summed E-state index contributed by atoms with van der Waals surface area (Å²) in [6.45, 7) is 15.1. The molecule has 0 bridgehead atoms. The number of rotatable bonds is 10. The van der Waals surface area contributed by atoms with Crippen molar-refractivity contribution in [1.29, 1.82) is 0 Å². The number of hydrogen-bond acceptors (Lipinski definition) is 2. The third-order valence-corrected chi connectivity index (χ3v) is 7.32. The first-order chi connectivity index (χ1) is 12.4. The monoisotopic (exact) mass is 365 g/mol. The molecule has 2 heteroatoms. The van der Waals surface area contributed by atoms with Crippen LogP contribution in [0.3, 0.4) is 0 Å². The fourth-order valence-corrected chi connectivity index (χ4v) is 6.22. The van der Waals surface area contributed by atoms with Crippen LogP contribution in [0.25, 0.3) is 0 Å². The summed E-state index contributed by atoms with van der Waals surface area (Å²) < 4.78 is 6.24. The van der Waals surface area contributed by atoms with Crippen molar-refractivity contribution in [2.45, 2.75) is 130 Å². The van der Waals surface area contributed by atoms with E-state index in [9.17, 15) is 0 Å². The average molecular weight is 366 g/mol. The Hall–Kier alpha value is -0.0800. The van der Waals surface area contributed by atoms with Crippen molar-refractivity contribution >= 4 is 0 Å². The molecule has 2 rings (SSSR count). The lowest BCUT2D eigenvalue weighted by Crippen LogP contribution is -2.64. The van der Waals surface area contributed by atoms with Gasteiger partial charge in [-0.1, -0.05) is 65.7 Å². The number of hydrogen-bond donors (Lipinski definition) is 0. The molecule has 0 amide bonds. The molecule has 0 aromatic heterocycles. The largest absolute Gasteiger partial charge is 0.363 e. The summed E-state index contributed by atoms with van der Waals surface area (Å²) in [5.74, 6) is 2.69. The van der Waals surface area contributed by atoms with Gasteiger partial charge in [-0.25, -0.2) is 0 Å². The van der Waals surface area contributed by atoms with E-state index in [1.54, 1.807) is 0 Å². The van der Waals surface area contributed by atoms with Crippen molar-refractivity contribution in [3.8, 4) is 0 Å². The fraction of sp³-hybridized carbons (Fsp3) is 1.00. The molecule has 1 heterocycles. The molecule has 1 saturated carbocycles. The molecule has 0 radical (unpaired) electrons. The molecule has 2 nitrogen and oxygen atoms in total. The highest BCUT2D eigenvalue weighted by Gasteiger charge is 2.49. The van der Waals surface area contributed by atoms with Gasteiger partial charge in [-0.15, -0.1) is 0 Å². The maximum absolute atomic E-state index is 6.24. The van der Waals surface area contributed by atoms with Gasteiger partial charge in [0.1, 0.15) is 6.23 Å². The molecular formula is C24H47NO. The van der Waals surface area contributed by atoms with Crippen LogP contribution in [0, 0.1) is 17.8 Å². The molecule has 0 aromatic carbocycles. The maximum atomic E-state index is 6.24. The molecule has 0 spiro atoms. The van der Waals surface area contributed by atoms with Crippen molar-refractivity contribution < 1.29 is 4.74 Å². The zero-order valence-corrected chi connectivity index (χ0v) is 18.7. The molecule has 5 unspecified atom stereocenters. The van der Waals surface area contributed by atoms with Gasteiger partial charge in [0, 0.05) is 18.2 Å². The van der Waals surface area contributed by atoms with Crippen LogP contribution in [-0.4, -0.2) is 29.3 Å². The minimum atomic E-state index is 0.263. The smallest absolute Gasteiger partial charge is 0.111 e. The van der Waals surface area contributed by atoms with Crippen molar-refractivity contribution in [3.05, 3.63) is 0 Å². The van der Waals surface area contributed by atoms with Crippen molar-refractivity contribution in [1.82, 2.24) is 4.90 Å². The van der Waals surface area contributed by atoms with Gasteiger partial charge in [0.2, 0.25) is 0 Å². The van der Waals surface area contributed by atoms with Crippen LogP contribution in [-0.2, 0) is 4.74 Å². The van der Waals surface area contributed by atoms with Crippen molar-refractivity contribution in [3.63, 3.8) is 0 Å². The Morgan fingerprint density at radius 1 is 1.04 bits per heavy atom. The van der Waals surface area contributed by atoms with Gasteiger partial charge in [-0.2, -0.15) is 0 Å². The molecule has 5 atom stereocenters. The summed E-state index contributed by atoms with van der Waals surface area (Å²) in [6.07, 6.45) is 15.6. The van der Waals surface area contributed by atoms with Gasteiger partial charge in [0.15, 0.2) is 0 Å². The van der Waals surface area contributed by atoms with E-state index < -0.39 is 0 Å². The lowest BCUT2D eigenvalue weighted by atomic mass is 9.64. The van der Waals surface area contributed by atoms with E-state index in [1.165, 1.54) is 64.2 Å². The first-order valence-corrected chi connectivity index (χ1v) is 11.8. The fourth-order valence-electron chi connectivity index (χ4n) is 6.22. The van der Waals surface area contributed by atoms with Crippen LogP contribution >= 0.6 is 0 Å². The summed E-state index contributed by atoms with van der Waals surface area (Å²) in [5.41, 5.74) is 0.263. The van der Waals surface area contributed by atoms with Crippen LogP contribution < -0.4 is 0 Å².